The van der Waals surface area contributed by atoms with E-state index in [0.717, 1.165) is 0 Å². The van der Waals surface area contributed by atoms with Gasteiger partial charge in [-0.3, -0.25) is 19.6 Å². The molecule has 2 heterocycles. The predicted molar refractivity (Wildman–Crippen MR) is 114 cm³/mol. The second kappa shape index (κ2) is 8.43. The fourth-order valence-corrected chi connectivity index (χ4v) is 4.41. The Balaban J connectivity index is 1.90. The number of carbonyl (C=O) groups excluding carboxylic acids is 2. The summed E-state index contributed by atoms with van der Waals surface area (Å²) in [6.07, 6.45) is 5.50. The van der Waals surface area contributed by atoms with Gasteiger partial charge in [-0.05, 0) is 61.2 Å². The summed E-state index contributed by atoms with van der Waals surface area (Å²) in [6.45, 7) is 1.72. The summed E-state index contributed by atoms with van der Waals surface area (Å²) < 4.78 is 14.6. The topological polar surface area (TPSA) is 89.2 Å². The van der Waals surface area contributed by atoms with Crippen molar-refractivity contribution < 1.29 is 14.0 Å². The Labute approximate surface area is 183 Å². The van der Waals surface area contributed by atoms with E-state index in [4.69, 9.17) is 17.3 Å². The molecule has 2 amide bonds. The molecule has 2 N–H and O–H groups in total. The highest BCUT2D eigenvalue weighted by molar-refractivity contribution is 6.30. The van der Waals surface area contributed by atoms with Crippen LogP contribution < -0.4 is 5.73 Å². The van der Waals surface area contributed by atoms with E-state index in [-0.39, 0.29) is 5.02 Å². The maximum atomic E-state index is 14.6. The van der Waals surface area contributed by atoms with Gasteiger partial charge >= 0.3 is 0 Å². The molecular weight excluding hydrogens is 419 g/mol. The summed E-state index contributed by atoms with van der Waals surface area (Å²) in [5, 5.41) is 0.227. The lowest BCUT2D eigenvalue weighted by molar-refractivity contribution is -0.123. The van der Waals surface area contributed by atoms with Crippen molar-refractivity contribution in [1.29, 1.82) is 0 Å². The molecule has 0 bridgehead atoms. The molecule has 2 atom stereocenters. The predicted octanol–water partition coefficient (Wildman–Crippen LogP) is 3.93. The van der Waals surface area contributed by atoms with Gasteiger partial charge in [0, 0.05) is 34.9 Å². The van der Waals surface area contributed by atoms with E-state index in [0.29, 0.717) is 40.8 Å². The lowest BCUT2D eigenvalue weighted by Gasteiger charge is -2.36. The Morgan fingerprint density at radius 2 is 2.03 bits per heavy atom. The number of rotatable bonds is 5. The van der Waals surface area contributed by atoms with E-state index in [1.807, 2.05) is 0 Å². The third-order valence-corrected chi connectivity index (χ3v) is 5.80. The average molecular weight is 439 g/mol. The summed E-state index contributed by atoms with van der Waals surface area (Å²) in [6, 6.07) is 7.87. The van der Waals surface area contributed by atoms with E-state index in [2.05, 4.69) is 9.97 Å². The Morgan fingerprint density at radius 1 is 1.26 bits per heavy atom. The first kappa shape index (κ1) is 20.9. The highest BCUT2D eigenvalue weighted by Gasteiger charge is 2.40. The van der Waals surface area contributed by atoms with Crippen LogP contribution in [0.15, 0.2) is 55.0 Å². The molecule has 31 heavy (non-hydrogen) atoms. The molecule has 1 aromatic carbocycles. The fraction of sp³-hybridized carbons (Fsp3) is 0.217. The number of aromatic nitrogens is 2. The Hall–Kier alpha value is -3.32. The van der Waals surface area contributed by atoms with Crippen molar-refractivity contribution in [2.24, 2.45) is 5.73 Å². The van der Waals surface area contributed by atoms with Crippen molar-refractivity contribution in [3.63, 3.8) is 0 Å². The van der Waals surface area contributed by atoms with Gasteiger partial charge in [-0.1, -0.05) is 17.7 Å². The number of amides is 2. The molecule has 158 valence electrons. The van der Waals surface area contributed by atoms with Crippen molar-refractivity contribution in [2.45, 2.75) is 31.8 Å². The number of aryl methyl sites for hydroxylation is 1. The van der Waals surface area contributed by atoms with Crippen LogP contribution in [-0.2, 0) is 11.2 Å². The first-order chi connectivity index (χ1) is 14.9. The number of benzene rings is 1. The van der Waals surface area contributed by atoms with E-state index in [9.17, 15) is 14.0 Å². The molecule has 8 heteroatoms. The number of nitrogens with two attached hydrogens (primary N) is 1. The third kappa shape index (κ3) is 3.88. The minimum absolute atomic E-state index is 0.227. The van der Waals surface area contributed by atoms with Crippen LogP contribution in [0.5, 0.6) is 0 Å². The summed E-state index contributed by atoms with van der Waals surface area (Å²) >= 11 is 6.12. The van der Waals surface area contributed by atoms with Crippen LogP contribution in [0.25, 0.3) is 0 Å². The van der Waals surface area contributed by atoms with Gasteiger partial charge in [-0.2, -0.15) is 0 Å². The second-order valence-electron chi connectivity index (χ2n) is 7.45. The van der Waals surface area contributed by atoms with Gasteiger partial charge in [0.05, 0.1) is 11.6 Å². The SMILES string of the molecule is Cc1ncccc1C(=O)N([C@H](C(N)=O)c1cccnc1)[C@H]1CCc2c(F)cc(Cl)cc21. The number of pyridine rings is 2. The molecule has 0 saturated carbocycles. The molecule has 2 aromatic heterocycles. The quantitative estimate of drug-likeness (QED) is 0.653. The van der Waals surface area contributed by atoms with Crippen LogP contribution in [0.2, 0.25) is 5.02 Å². The van der Waals surface area contributed by atoms with Crippen LogP contribution >= 0.6 is 11.6 Å². The zero-order valence-corrected chi connectivity index (χ0v) is 17.5. The molecule has 1 aliphatic carbocycles. The molecule has 0 unspecified atom stereocenters. The van der Waals surface area contributed by atoms with E-state index in [1.165, 1.54) is 17.2 Å². The first-order valence-corrected chi connectivity index (χ1v) is 10.2. The molecule has 0 radical (unpaired) electrons. The summed E-state index contributed by atoms with van der Waals surface area (Å²) in [4.78, 5) is 36.1. The average Bonchev–Trinajstić information content (AvgIpc) is 3.16. The van der Waals surface area contributed by atoms with Crippen LogP contribution in [-0.4, -0.2) is 26.7 Å². The smallest absolute Gasteiger partial charge is 0.257 e. The number of hydrogen-bond donors (Lipinski definition) is 1. The largest absolute Gasteiger partial charge is 0.368 e. The van der Waals surface area contributed by atoms with Gasteiger partial charge in [-0.25, -0.2) is 4.39 Å². The normalized spacial score (nSPS) is 15.9. The number of nitrogens with zero attached hydrogens (tertiary/aromatic N) is 3. The summed E-state index contributed by atoms with van der Waals surface area (Å²) in [5.74, 6) is -1.55. The van der Waals surface area contributed by atoms with Gasteiger partial charge in [0.2, 0.25) is 5.91 Å². The van der Waals surface area contributed by atoms with Crippen molar-refractivity contribution in [2.75, 3.05) is 0 Å². The highest BCUT2D eigenvalue weighted by atomic mass is 35.5. The van der Waals surface area contributed by atoms with Crippen molar-refractivity contribution in [3.8, 4) is 0 Å². The monoisotopic (exact) mass is 438 g/mol. The first-order valence-electron chi connectivity index (χ1n) is 9.79. The highest BCUT2D eigenvalue weighted by Crippen LogP contribution is 2.43. The zero-order chi connectivity index (χ0) is 22.1. The van der Waals surface area contributed by atoms with Gasteiger partial charge in [-0.15, -0.1) is 0 Å². The minimum atomic E-state index is -1.10. The van der Waals surface area contributed by atoms with Crippen molar-refractivity contribution in [1.82, 2.24) is 14.9 Å². The maximum Gasteiger partial charge on any atom is 0.257 e. The van der Waals surface area contributed by atoms with Gasteiger partial charge in [0.1, 0.15) is 11.9 Å². The molecular formula is C23H20ClFN4O2. The lowest BCUT2D eigenvalue weighted by Crippen LogP contribution is -2.43. The molecule has 3 aromatic rings. The molecule has 4 rings (SSSR count). The molecule has 0 saturated heterocycles. The number of halogens is 2. The second-order valence-corrected chi connectivity index (χ2v) is 7.89. The van der Waals surface area contributed by atoms with E-state index in [1.54, 1.807) is 49.6 Å². The Bertz CT molecular complexity index is 1160. The number of carbonyl (C=O) groups is 2. The van der Waals surface area contributed by atoms with Crippen molar-refractivity contribution in [3.05, 3.63) is 93.8 Å². The lowest BCUT2D eigenvalue weighted by atomic mass is 9.98. The van der Waals surface area contributed by atoms with Gasteiger partial charge in [0.15, 0.2) is 0 Å². The van der Waals surface area contributed by atoms with E-state index >= 15 is 0 Å². The minimum Gasteiger partial charge on any atom is -0.368 e. The van der Waals surface area contributed by atoms with Gasteiger partial charge < -0.3 is 10.6 Å². The third-order valence-electron chi connectivity index (χ3n) is 5.58. The number of hydrogen-bond acceptors (Lipinski definition) is 4. The van der Waals surface area contributed by atoms with Crippen LogP contribution in [0, 0.1) is 12.7 Å². The number of fused-ring (bicyclic) bond motifs is 1. The van der Waals surface area contributed by atoms with Crippen LogP contribution in [0.4, 0.5) is 4.39 Å². The van der Waals surface area contributed by atoms with Crippen LogP contribution in [0.3, 0.4) is 0 Å². The number of primary amides is 1. The van der Waals surface area contributed by atoms with Crippen LogP contribution in [0.1, 0.15) is 51.2 Å². The fourth-order valence-electron chi connectivity index (χ4n) is 4.20. The van der Waals surface area contributed by atoms with Crippen molar-refractivity contribution >= 4 is 23.4 Å². The van der Waals surface area contributed by atoms with E-state index < -0.39 is 29.7 Å². The molecule has 0 fully saturated rings. The molecule has 1 aliphatic rings. The molecule has 6 nitrogen and oxygen atoms in total. The Morgan fingerprint density at radius 3 is 2.71 bits per heavy atom. The summed E-state index contributed by atoms with van der Waals surface area (Å²) in [7, 11) is 0. The summed E-state index contributed by atoms with van der Waals surface area (Å²) in [5.41, 5.74) is 8.19. The standard InChI is InChI=1S/C23H20ClFN4O2/c1-13-16(5-3-9-28-13)23(31)29(21(22(26)30)14-4-2-8-27-12-14)20-7-6-17-18(20)10-15(24)11-19(17)25/h2-5,8-12,20-21H,6-7H2,1H3,(H2,26,30)/t20-,21-/m0/s1. The zero-order valence-electron chi connectivity index (χ0n) is 16.8. The Kier molecular flexibility index (Phi) is 5.69. The molecule has 0 spiro atoms. The maximum absolute atomic E-state index is 14.6. The van der Waals surface area contributed by atoms with Gasteiger partial charge in [0.25, 0.3) is 5.91 Å². The molecule has 0 aliphatic heterocycles.